The maximum absolute atomic E-state index is 8.71. The molecule has 0 rings (SSSR count). The van der Waals surface area contributed by atoms with Gasteiger partial charge in [-0.1, -0.05) is 6.92 Å². The topological polar surface area (TPSA) is 41.5 Å². The number of rotatable bonds is 7. The van der Waals surface area contributed by atoms with Crippen molar-refractivity contribution in [1.29, 1.82) is 0 Å². The second-order valence-electron chi connectivity index (χ2n) is 3.41. The van der Waals surface area contributed by atoms with Crippen molar-refractivity contribution in [3.8, 4) is 0 Å². The fraction of sp³-hybridized carbons (Fsp3) is 1.00. The van der Waals surface area contributed by atoms with Gasteiger partial charge in [0.1, 0.15) is 0 Å². The number of ether oxygens (including phenoxy) is 1. The highest BCUT2D eigenvalue weighted by Crippen LogP contribution is 1.89. The summed E-state index contributed by atoms with van der Waals surface area (Å²) >= 11 is 0. The summed E-state index contributed by atoms with van der Waals surface area (Å²) in [5.74, 6) is 0.337. The van der Waals surface area contributed by atoms with Crippen LogP contribution in [0, 0.1) is 5.92 Å². The normalized spacial score (nSPS) is 13.8. The summed E-state index contributed by atoms with van der Waals surface area (Å²) in [7, 11) is 0. The molecule has 0 amide bonds. The Morgan fingerprint density at radius 2 is 2.00 bits per heavy atom. The smallest absolute Gasteiger partial charge is 0.0594 e. The van der Waals surface area contributed by atoms with Gasteiger partial charge in [0.25, 0.3) is 0 Å². The molecule has 0 aromatic rings. The highest BCUT2D eigenvalue weighted by atomic mass is 16.5. The Bertz CT molecular complexity index is 96.5. The molecule has 0 aromatic carbocycles. The van der Waals surface area contributed by atoms with Crippen LogP contribution in [0.2, 0.25) is 0 Å². The van der Waals surface area contributed by atoms with Crippen LogP contribution in [0.1, 0.15) is 20.8 Å². The Morgan fingerprint density at radius 1 is 1.33 bits per heavy atom. The van der Waals surface area contributed by atoms with Crippen molar-refractivity contribution in [2.24, 2.45) is 5.92 Å². The molecule has 0 bridgehead atoms. The van der Waals surface area contributed by atoms with Crippen molar-refractivity contribution in [2.45, 2.75) is 26.9 Å². The fourth-order valence-electron chi connectivity index (χ4n) is 0.780. The standard InChI is InChI=1S/C9H21NO2/c1-8(2)12-5-4-10-6-9(3)7-11/h8-11H,4-7H2,1-3H3. The van der Waals surface area contributed by atoms with E-state index >= 15 is 0 Å². The van der Waals surface area contributed by atoms with Gasteiger partial charge in [0.05, 0.1) is 12.7 Å². The average molecular weight is 175 g/mol. The van der Waals surface area contributed by atoms with Crippen LogP contribution in [0.25, 0.3) is 0 Å². The van der Waals surface area contributed by atoms with Gasteiger partial charge in [-0.2, -0.15) is 0 Å². The van der Waals surface area contributed by atoms with Crippen molar-refractivity contribution in [1.82, 2.24) is 5.32 Å². The minimum Gasteiger partial charge on any atom is -0.396 e. The Balaban J connectivity index is 3.00. The van der Waals surface area contributed by atoms with E-state index in [2.05, 4.69) is 5.32 Å². The minimum atomic E-state index is 0.248. The molecule has 3 nitrogen and oxygen atoms in total. The van der Waals surface area contributed by atoms with E-state index in [1.807, 2.05) is 20.8 Å². The summed E-state index contributed by atoms with van der Waals surface area (Å²) in [6.07, 6.45) is 0.307. The first-order chi connectivity index (χ1) is 5.66. The maximum Gasteiger partial charge on any atom is 0.0594 e. The van der Waals surface area contributed by atoms with Crippen molar-refractivity contribution in [3.05, 3.63) is 0 Å². The van der Waals surface area contributed by atoms with E-state index in [0.29, 0.717) is 12.0 Å². The molecule has 0 aliphatic carbocycles. The maximum atomic E-state index is 8.71. The molecular formula is C9H21NO2. The van der Waals surface area contributed by atoms with Crippen LogP contribution in [0.5, 0.6) is 0 Å². The van der Waals surface area contributed by atoms with Gasteiger partial charge < -0.3 is 15.2 Å². The Labute approximate surface area is 75.1 Å². The second kappa shape index (κ2) is 7.53. The summed E-state index contributed by atoms with van der Waals surface area (Å²) < 4.78 is 5.33. The molecular weight excluding hydrogens is 154 g/mol. The number of hydrogen-bond acceptors (Lipinski definition) is 3. The first-order valence-corrected chi connectivity index (χ1v) is 4.60. The summed E-state index contributed by atoms with van der Waals surface area (Å²) in [5.41, 5.74) is 0. The van der Waals surface area contributed by atoms with Crippen molar-refractivity contribution in [2.75, 3.05) is 26.3 Å². The van der Waals surface area contributed by atoms with Crippen molar-refractivity contribution in [3.63, 3.8) is 0 Å². The molecule has 0 aromatic heterocycles. The van der Waals surface area contributed by atoms with Crippen LogP contribution >= 0.6 is 0 Å². The van der Waals surface area contributed by atoms with E-state index in [1.54, 1.807) is 0 Å². The first kappa shape index (κ1) is 11.9. The fourth-order valence-corrected chi connectivity index (χ4v) is 0.780. The van der Waals surface area contributed by atoms with Crippen molar-refractivity contribution >= 4 is 0 Å². The van der Waals surface area contributed by atoms with E-state index in [4.69, 9.17) is 9.84 Å². The van der Waals surface area contributed by atoms with E-state index < -0.39 is 0 Å². The predicted molar refractivity (Wildman–Crippen MR) is 50.2 cm³/mol. The summed E-state index contributed by atoms with van der Waals surface area (Å²) in [4.78, 5) is 0. The van der Waals surface area contributed by atoms with E-state index in [1.165, 1.54) is 0 Å². The third kappa shape index (κ3) is 7.98. The molecule has 0 aliphatic heterocycles. The second-order valence-corrected chi connectivity index (χ2v) is 3.41. The number of aliphatic hydroxyl groups is 1. The molecule has 0 spiro atoms. The van der Waals surface area contributed by atoms with Crippen LogP contribution < -0.4 is 5.32 Å². The third-order valence-electron chi connectivity index (χ3n) is 1.53. The van der Waals surface area contributed by atoms with Gasteiger partial charge in [-0.15, -0.1) is 0 Å². The average Bonchev–Trinajstić information content (AvgIpc) is 2.03. The van der Waals surface area contributed by atoms with Crippen LogP contribution in [0.4, 0.5) is 0 Å². The molecule has 2 N–H and O–H groups in total. The van der Waals surface area contributed by atoms with E-state index in [0.717, 1.165) is 19.7 Å². The summed E-state index contributed by atoms with van der Waals surface area (Å²) in [6, 6.07) is 0. The molecule has 0 radical (unpaired) electrons. The zero-order valence-electron chi connectivity index (χ0n) is 8.34. The number of hydrogen-bond donors (Lipinski definition) is 2. The molecule has 3 heteroatoms. The molecule has 0 heterocycles. The minimum absolute atomic E-state index is 0.248. The van der Waals surface area contributed by atoms with Crippen LogP contribution in [-0.4, -0.2) is 37.5 Å². The molecule has 12 heavy (non-hydrogen) atoms. The monoisotopic (exact) mass is 175 g/mol. The molecule has 0 fully saturated rings. The Morgan fingerprint density at radius 3 is 2.50 bits per heavy atom. The quantitative estimate of drug-likeness (QED) is 0.558. The van der Waals surface area contributed by atoms with Gasteiger partial charge in [0, 0.05) is 13.2 Å². The van der Waals surface area contributed by atoms with Gasteiger partial charge in [-0.05, 0) is 26.3 Å². The first-order valence-electron chi connectivity index (χ1n) is 4.60. The van der Waals surface area contributed by atoms with Gasteiger partial charge >= 0.3 is 0 Å². The molecule has 0 saturated carbocycles. The lowest BCUT2D eigenvalue weighted by molar-refractivity contribution is 0.0799. The lowest BCUT2D eigenvalue weighted by Crippen LogP contribution is -2.27. The molecule has 0 saturated heterocycles. The lowest BCUT2D eigenvalue weighted by atomic mass is 10.2. The van der Waals surface area contributed by atoms with E-state index in [9.17, 15) is 0 Å². The molecule has 1 unspecified atom stereocenters. The van der Waals surface area contributed by atoms with E-state index in [-0.39, 0.29) is 6.61 Å². The summed E-state index contributed by atoms with van der Waals surface area (Å²) in [6.45, 7) is 8.78. The van der Waals surface area contributed by atoms with Crippen LogP contribution in [0.3, 0.4) is 0 Å². The third-order valence-corrected chi connectivity index (χ3v) is 1.53. The number of nitrogens with one attached hydrogen (secondary N) is 1. The Kier molecular flexibility index (Phi) is 7.45. The molecule has 1 atom stereocenters. The number of aliphatic hydroxyl groups excluding tert-OH is 1. The van der Waals surface area contributed by atoms with Gasteiger partial charge in [-0.25, -0.2) is 0 Å². The SMILES string of the molecule is CC(CO)CNCCOC(C)C. The largest absolute Gasteiger partial charge is 0.396 e. The van der Waals surface area contributed by atoms with Crippen LogP contribution in [0.15, 0.2) is 0 Å². The molecule has 74 valence electrons. The van der Waals surface area contributed by atoms with Gasteiger partial charge in [0.2, 0.25) is 0 Å². The van der Waals surface area contributed by atoms with Crippen molar-refractivity contribution < 1.29 is 9.84 Å². The lowest BCUT2D eigenvalue weighted by Gasteiger charge is -2.10. The zero-order chi connectivity index (χ0) is 9.40. The highest BCUT2D eigenvalue weighted by molar-refractivity contribution is 4.54. The van der Waals surface area contributed by atoms with Crippen LogP contribution in [-0.2, 0) is 4.74 Å². The Hall–Kier alpha value is -0.120. The molecule has 0 aliphatic rings. The summed E-state index contributed by atoms with van der Waals surface area (Å²) in [5, 5.41) is 11.9. The zero-order valence-corrected chi connectivity index (χ0v) is 8.34. The predicted octanol–water partition coefficient (Wildman–Crippen LogP) is 0.629. The van der Waals surface area contributed by atoms with Gasteiger partial charge in [0.15, 0.2) is 0 Å². The highest BCUT2D eigenvalue weighted by Gasteiger charge is 1.98. The van der Waals surface area contributed by atoms with Gasteiger partial charge in [-0.3, -0.25) is 0 Å².